The highest BCUT2D eigenvalue weighted by Crippen LogP contribution is 2.39. The second-order valence-corrected chi connectivity index (χ2v) is 5.37. The lowest BCUT2D eigenvalue weighted by atomic mass is 10.1. The Morgan fingerprint density at radius 1 is 1.47 bits per heavy atom. The molecule has 2 rings (SSSR count). The number of hydrogen-bond acceptors (Lipinski definition) is 5. The van der Waals surface area contributed by atoms with E-state index in [2.05, 4.69) is 4.98 Å². The number of halogens is 2. The molecule has 19 heavy (non-hydrogen) atoms. The van der Waals surface area contributed by atoms with Crippen molar-refractivity contribution in [3.8, 4) is 10.4 Å². The lowest BCUT2D eigenvalue weighted by Crippen LogP contribution is -2.06. The zero-order valence-corrected chi connectivity index (χ0v) is 12.3. The molecular formula is C12H10Cl2N2O2S. The summed E-state index contributed by atoms with van der Waals surface area (Å²) < 4.78 is 4.95. The molecule has 100 valence electrons. The zero-order chi connectivity index (χ0) is 14.0. The first-order valence-electron chi connectivity index (χ1n) is 5.42. The van der Waals surface area contributed by atoms with Crippen molar-refractivity contribution >= 4 is 45.6 Å². The second-order valence-electron chi connectivity index (χ2n) is 3.55. The Bertz CT molecular complexity index is 628. The van der Waals surface area contributed by atoms with Crippen LogP contribution >= 0.6 is 34.5 Å². The van der Waals surface area contributed by atoms with Crippen LogP contribution in [0.1, 0.15) is 17.4 Å². The van der Waals surface area contributed by atoms with E-state index in [1.165, 1.54) is 11.3 Å². The standard InChI is InChI=1S/C12H10Cl2N2O2S/c1-2-18-11(17)9-10(19-12(15)16-9)6-4-3-5-7(13)8(6)14/h3-5H,2H2,1H3,(H2,15,16). The van der Waals surface area contributed by atoms with Gasteiger partial charge in [-0.15, -0.1) is 0 Å². The van der Waals surface area contributed by atoms with Crippen LogP contribution in [0.15, 0.2) is 18.2 Å². The fourth-order valence-electron chi connectivity index (χ4n) is 1.54. The lowest BCUT2D eigenvalue weighted by molar-refractivity contribution is 0.0521. The van der Waals surface area contributed by atoms with Crippen LogP contribution in [0.2, 0.25) is 10.0 Å². The molecular weight excluding hydrogens is 307 g/mol. The first-order valence-corrected chi connectivity index (χ1v) is 6.99. The van der Waals surface area contributed by atoms with E-state index in [9.17, 15) is 4.79 Å². The van der Waals surface area contributed by atoms with Crippen molar-refractivity contribution in [2.45, 2.75) is 6.92 Å². The summed E-state index contributed by atoms with van der Waals surface area (Å²) >= 11 is 13.3. The summed E-state index contributed by atoms with van der Waals surface area (Å²) in [6, 6.07) is 5.17. The number of carbonyl (C=O) groups excluding carboxylic acids is 1. The van der Waals surface area contributed by atoms with E-state index in [0.29, 0.717) is 20.5 Å². The third kappa shape index (κ3) is 2.83. The fraction of sp³-hybridized carbons (Fsp3) is 0.167. The number of nitrogens with two attached hydrogens (primary N) is 1. The average Bonchev–Trinajstić information content (AvgIpc) is 2.75. The maximum absolute atomic E-state index is 11.8. The third-order valence-electron chi connectivity index (χ3n) is 2.31. The molecule has 1 heterocycles. The van der Waals surface area contributed by atoms with Gasteiger partial charge in [0.05, 0.1) is 21.5 Å². The molecule has 0 saturated heterocycles. The molecule has 0 spiro atoms. The Morgan fingerprint density at radius 3 is 2.89 bits per heavy atom. The molecule has 0 bridgehead atoms. The van der Waals surface area contributed by atoms with Gasteiger partial charge >= 0.3 is 5.97 Å². The molecule has 0 aliphatic heterocycles. The molecule has 0 aliphatic rings. The van der Waals surface area contributed by atoms with Crippen LogP contribution in [0.3, 0.4) is 0 Å². The highest BCUT2D eigenvalue weighted by molar-refractivity contribution is 7.19. The SMILES string of the molecule is CCOC(=O)c1nc(N)sc1-c1cccc(Cl)c1Cl. The van der Waals surface area contributed by atoms with Crippen LogP contribution < -0.4 is 5.73 Å². The Morgan fingerprint density at radius 2 is 2.21 bits per heavy atom. The zero-order valence-electron chi connectivity index (χ0n) is 9.94. The summed E-state index contributed by atoms with van der Waals surface area (Å²) in [6.45, 7) is 1.98. The summed E-state index contributed by atoms with van der Waals surface area (Å²) in [7, 11) is 0. The van der Waals surface area contributed by atoms with E-state index in [-0.39, 0.29) is 17.4 Å². The minimum Gasteiger partial charge on any atom is -0.461 e. The van der Waals surface area contributed by atoms with Gasteiger partial charge in [0.15, 0.2) is 10.8 Å². The summed E-state index contributed by atoms with van der Waals surface area (Å²) in [5.41, 5.74) is 6.44. The van der Waals surface area contributed by atoms with Crippen molar-refractivity contribution in [3.05, 3.63) is 33.9 Å². The number of hydrogen-bond donors (Lipinski definition) is 1. The van der Waals surface area contributed by atoms with E-state index in [0.717, 1.165) is 0 Å². The van der Waals surface area contributed by atoms with Gasteiger partial charge in [-0.25, -0.2) is 9.78 Å². The van der Waals surface area contributed by atoms with Gasteiger partial charge < -0.3 is 10.5 Å². The number of thiazole rings is 1. The van der Waals surface area contributed by atoms with Gasteiger partial charge in [-0.05, 0) is 13.0 Å². The van der Waals surface area contributed by atoms with Gasteiger partial charge in [0.2, 0.25) is 0 Å². The number of benzene rings is 1. The Hall–Kier alpha value is -1.30. The van der Waals surface area contributed by atoms with Gasteiger partial charge in [0, 0.05) is 5.56 Å². The number of aromatic nitrogens is 1. The molecule has 1 aromatic carbocycles. The van der Waals surface area contributed by atoms with Gasteiger partial charge in [-0.1, -0.05) is 46.7 Å². The number of rotatable bonds is 3. The first kappa shape index (κ1) is 14.1. The van der Waals surface area contributed by atoms with Crippen molar-refractivity contribution in [3.63, 3.8) is 0 Å². The number of nitrogens with zero attached hydrogens (tertiary/aromatic N) is 1. The summed E-state index contributed by atoms with van der Waals surface area (Å²) in [6.07, 6.45) is 0. The predicted molar refractivity (Wildman–Crippen MR) is 77.9 cm³/mol. The number of nitrogen functional groups attached to an aromatic ring is 1. The topological polar surface area (TPSA) is 65.2 Å². The third-order valence-corrected chi connectivity index (χ3v) is 4.05. The molecule has 1 aromatic heterocycles. The maximum atomic E-state index is 11.8. The molecule has 0 unspecified atom stereocenters. The van der Waals surface area contributed by atoms with E-state index in [1.54, 1.807) is 25.1 Å². The van der Waals surface area contributed by atoms with Crippen LogP contribution in [0.4, 0.5) is 5.13 Å². The smallest absolute Gasteiger partial charge is 0.358 e. The first-order chi connectivity index (χ1) is 9.04. The molecule has 0 saturated carbocycles. The van der Waals surface area contributed by atoms with E-state index in [1.807, 2.05) is 0 Å². The summed E-state index contributed by atoms with van der Waals surface area (Å²) in [5, 5.41) is 1.04. The molecule has 2 N–H and O–H groups in total. The van der Waals surface area contributed by atoms with Gasteiger partial charge in [-0.2, -0.15) is 0 Å². The van der Waals surface area contributed by atoms with Crippen LogP contribution in [-0.2, 0) is 4.74 Å². The normalized spacial score (nSPS) is 10.5. The second kappa shape index (κ2) is 5.77. The van der Waals surface area contributed by atoms with Gasteiger partial charge in [-0.3, -0.25) is 0 Å². The quantitative estimate of drug-likeness (QED) is 0.873. The van der Waals surface area contributed by atoms with Crippen molar-refractivity contribution in [2.75, 3.05) is 12.3 Å². The number of ether oxygens (including phenoxy) is 1. The van der Waals surface area contributed by atoms with Crippen LogP contribution in [-0.4, -0.2) is 17.6 Å². The molecule has 7 heteroatoms. The fourth-order valence-corrected chi connectivity index (χ4v) is 2.84. The van der Waals surface area contributed by atoms with Crippen molar-refractivity contribution < 1.29 is 9.53 Å². The molecule has 0 atom stereocenters. The Kier molecular flexibility index (Phi) is 4.29. The highest BCUT2D eigenvalue weighted by atomic mass is 35.5. The van der Waals surface area contributed by atoms with Crippen molar-refractivity contribution in [2.24, 2.45) is 0 Å². The Balaban J connectivity index is 2.56. The minimum atomic E-state index is -0.526. The van der Waals surface area contributed by atoms with E-state index >= 15 is 0 Å². The predicted octanol–water partition coefficient (Wildman–Crippen LogP) is 3.88. The summed E-state index contributed by atoms with van der Waals surface area (Å²) in [5.74, 6) is -0.526. The van der Waals surface area contributed by atoms with Crippen LogP contribution in [0, 0.1) is 0 Å². The largest absolute Gasteiger partial charge is 0.461 e. The van der Waals surface area contributed by atoms with E-state index in [4.69, 9.17) is 33.7 Å². The number of esters is 1. The van der Waals surface area contributed by atoms with Crippen LogP contribution in [0.5, 0.6) is 0 Å². The molecule has 0 fully saturated rings. The molecule has 2 aromatic rings. The number of carbonyl (C=O) groups is 1. The van der Waals surface area contributed by atoms with E-state index < -0.39 is 5.97 Å². The van der Waals surface area contributed by atoms with Crippen molar-refractivity contribution in [1.82, 2.24) is 4.98 Å². The van der Waals surface area contributed by atoms with Crippen LogP contribution in [0.25, 0.3) is 10.4 Å². The Labute approximate surface area is 124 Å². The molecule has 0 aliphatic carbocycles. The molecule has 0 radical (unpaired) electrons. The number of anilines is 1. The van der Waals surface area contributed by atoms with Gasteiger partial charge in [0.1, 0.15) is 0 Å². The lowest BCUT2D eigenvalue weighted by Gasteiger charge is -2.05. The molecule has 0 amide bonds. The summed E-state index contributed by atoms with van der Waals surface area (Å²) in [4.78, 5) is 16.4. The van der Waals surface area contributed by atoms with Crippen molar-refractivity contribution in [1.29, 1.82) is 0 Å². The highest BCUT2D eigenvalue weighted by Gasteiger charge is 2.22. The average molecular weight is 317 g/mol. The van der Waals surface area contributed by atoms with Gasteiger partial charge in [0.25, 0.3) is 0 Å². The maximum Gasteiger partial charge on any atom is 0.358 e. The molecule has 4 nitrogen and oxygen atoms in total. The monoisotopic (exact) mass is 316 g/mol. The minimum absolute atomic E-state index is 0.161.